The SMILES string of the molecule is CCC(C(=O)NC(C)c1nc(C)c(C(=O)O)s1)c1ccc(OC)cc1. The van der Waals surface area contributed by atoms with Crippen LogP contribution in [0.2, 0.25) is 0 Å². The van der Waals surface area contributed by atoms with E-state index in [1.807, 2.05) is 38.1 Å². The molecule has 0 aliphatic rings. The lowest BCUT2D eigenvalue weighted by Gasteiger charge is -2.18. The number of aryl methyl sites for hydroxylation is 1. The van der Waals surface area contributed by atoms with Crippen molar-refractivity contribution in [3.8, 4) is 5.75 Å². The van der Waals surface area contributed by atoms with Crippen molar-refractivity contribution < 1.29 is 19.4 Å². The average Bonchev–Trinajstić information content (AvgIpc) is 2.98. The number of nitrogens with zero attached hydrogens (tertiary/aromatic N) is 1. The van der Waals surface area contributed by atoms with Crippen molar-refractivity contribution in [2.75, 3.05) is 7.11 Å². The van der Waals surface area contributed by atoms with Gasteiger partial charge in [-0.15, -0.1) is 11.3 Å². The predicted molar refractivity (Wildman–Crippen MR) is 96.4 cm³/mol. The summed E-state index contributed by atoms with van der Waals surface area (Å²) in [6, 6.07) is 7.08. The Labute approximate surface area is 150 Å². The molecule has 25 heavy (non-hydrogen) atoms. The van der Waals surface area contributed by atoms with Gasteiger partial charge in [0.15, 0.2) is 0 Å². The number of carbonyl (C=O) groups excluding carboxylic acids is 1. The van der Waals surface area contributed by atoms with Gasteiger partial charge >= 0.3 is 5.97 Å². The molecule has 1 aromatic carbocycles. The first kappa shape index (κ1) is 18.9. The number of methoxy groups -OCH3 is 1. The first-order valence-corrected chi connectivity index (χ1v) is 8.83. The molecule has 0 saturated carbocycles. The molecule has 0 spiro atoms. The van der Waals surface area contributed by atoms with Crippen LogP contribution in [0, 0.1) is 6.92 Å². The van der Waals surface area contributed by atoms with E-state index in [2.05, 4.69) is 10.3 Å². The second kappa shape index (κ2) is 8.11. The number of aromatic carboxylic acids is 1. The Hall–Kier alpha value is -2.41. The fourth-order valence-corrected chi connectivity index (χ4v) is 3.49. The van der Waals surface area contributed by atoms with E-state index in [-0.39, 0.29) is 22.7 Å². The average molecular weight is 362 g/mol. The Morgan fingerprint density at radius 2 is 1.96 bits per heavy atom. The molecule has 0 aliphatic carbocycles. The minimum absolute atomic E-state index is 0.107. The molecular formula is C18H22N2O4S. The number of carbonyl (C=O) groups is 2. The second-order valence-corrected chi connectivity index (χ2v) is 6.77. The molecule has 2 N–H and O–H groups in total. The molecule has 0 aliphatic heterocycles. The van der Waals surface area contributed by atoms with Crippen LogP contribution >= 0.6 is 11.3 Å². The fourth-order valence-electron chi connectivity index (χ4n) is 2.59. The van der Waals surface area contributed by atoms with Gasteiger partial charge in [-0.1, -0.05) is 19.1 Å². The van der Waals surface area contributed by atoms with Crippen LogP contribution in [0.1, 0.15) is 58.2 Å². The van der Waals surface area contributed by atoms with Crippen LogP contribution < -0.4 is 10.1 Å². The van der Waals surface area contributed by atoms with Crippen molar-refractivity contribution in [2.45, 2.75) is 39.2 Å². The van der Waals surface area contributed by atoms with E-state index in [1.54, 1.807) is 14.0 Å². The van der Waals surface area contributed by atoms with Crippen LogP contribution in [0.15, 0.2) is 24.3 Å². The van der Waals surface area contributed by atoms with E-state index in [9.17, 15) is 9.59 Å². The number of rotatable bonds is 7. The maximum absolute atomic E-state index is 12.7. The zero-order valence-corrected chi connectivity index (χ0v) is 15.5. The first-order valence-electron chi connectivity index (χ1n) is 8.02. The van der Waals surface area contributed by atoms with Crippen LogP contribution in [-0.4, -0.2) is 29.1 Å². The third-order valence-electron chi connectivity index (χ3n) is 3.98. The van der Waals surface area contributed by atoms with Gasteiger partial charge in [0.2, 0.25) is 5.91 Å². The third-order valence-corrected chi connectivity index (χ3v) is 5.31. The van der Waals surface area contributed by atoms with Gasteiger partial charge in [-0.3, -0.25) is 4.79 Å². The zero-order valence-electron chi connectivity index (χ0n) is 14.7. The molecule has 2 unspecified atom stereocenters. The Morgan fingerprint density at radius 1 is 1.32 bits per heavy atom. The van der Waals surface area contributed by atoms with Crippen molar-refractivity contribution in [3.05, 3.63) is 45.4 Å². The lowest BCUT2D eigenvalue weighted by Crippen LogP contribution is -2.31. The Kier molecular flexibility index (Phi) is 6.14. The van der Waals surface area contributed by atoms with Crippen LogP contribution in [0.5, 0.6) is 5.75 Å². The van der Waals surface area contributed by atoms with Crippen molar-refractivity contribution in [2.24, 2.45) is 0 Å². The molecule has 0 bridgehead atoms. The van der Waals surface area contributed by atoms with Crippen molar-refractivity contribution in [1.29, 1.82) is 0 Å². The number of ether oxygens (including phenoxy) is 1. The van der Waals surface area contributed by atoms with E-state index < -0.39 is 5.97 Å². The number of carboxylic acids is 1. The fraction of sp³-hybridized carbons (Fsp3) is 0.389. The number of aromatic nitrogens is 1. The van der Waals surface area contributed by atoms with Gasteiger partial charge < -0.3 is 15.2 Å². The molecule has 1 amide bonds. The monoisotopic (exact) mass is 362 g/mol. The molecule has 0 fully saturated rings. The Balaban J connectivity index is 2.12. The van der Waals surface area contributed by atoms with Gasteiger partial charge in [-0.25, -0.2) is 9.78 Å². The number of benzene rings is 1. The summed E-state index contributed by atoms with van der Waals surface area (Å²) in [4.78, 5) is 28.3. The lowest BCUT2D eigenvalue weighted by molar-refractivity contribution is -0.123. The van der Waals surface area contributed by atoms with E-state index in [4.69, 9.17) is 9.84 Å². The van der Waals surface area contributed by atoms with Gasteiger partial charge in [0.25, 0.3) is 0 Å². The highest BCUT2D eigenvalue weighted by molar-refractivity contribution is 7.13. The highest BCUT2D eigenvalue weighted by atomic mass is 32.1. The summed E-state index contributed by atoms with van der Waals surface area (Å²) >= 11 is 1.10. The van der Waals surface area contributed by atoms with E-state index in [1.165, 1.54) is 0 Å². The molecule has 1 heterocycles. The number of hydrogen-bond acceptors (Lipinski definition) is 5. The number of carboxylic acid groups (broad SMARTS) is 1. The summed E-state index contributed by atoms with van der Waals surface area (Å²) in [7, 11) is 1.60. The third kappa shape index (κ3) is 4.36. The molecule has 134 valence electrons. The molecule has 6 nitrogen and oxygen atoms in total. The number of nitrogens with one attached hydrogen (secondary N) is 1. The zero-order chi connectivity index (χ0) is 18.6. The molecule has 2 rings (SSSR count). The van der Waals surface area contributed by atoms with Crippen molar-refractivity contribution in [1.82, 2.24) is 10.3 Å². The van der Waals surface area contributed by atoms with Gasteiger partial charge in [0, 0.05) is 0 Å². The van der Waals surface area contributed by atoms with Gasteiger partial charge in [-0.05, 0) is 38.0 Å². The summed E-state index contributed by atoms with van der Waals surface area (Å²) in [5.41, 5.74) is 1.38. The van der Waals surface area contributed by atoms with E-state index in [0.717, 1.165) is 22.6 Å². The van der Waals surface area contributed by atoms with Crippen LogP contribution in [0.25, 0.3) is 0 Å². The highest BCUT2D eigenvalue weighted by Crippen LogP contribution is 2.26. The quantitative estimate of drug-likeness (QED) is 0.786. The Bertz CT molecular complexity index is 755. The molecule has 2 aromatic rings. The Morgan fingerprint density at radius 3 is 2.44 bits per heavy atom. The van der Waals surface area contributed by atoms with Gasteiger partial charge in [0.1, 0.15) is 15.6 Å². The standard InChI is InChI=1S/C18H22N2O4S/c1-5-14(12-6-8-13(24-4)9-7-12)16(21)19-11(3)17-20-10(2)15(25-17)18(22)23/h6-9,11,14H,5H2,1-4H3,(H,19,21)(H,22,23). The molecule has 1 aromatic heterocycles. The predicted octanol–water partition coefficient (Wildman–Crippen LogP) is 3.53. The normalized spacial score (nSPS) is 13.1. The van der Waals surface area contributed by atoms with E-state index >= 15 is 0 Å². The molecular weight excluding hydrogens is 340 g/mol. The largest absolute Gasteiger partial charge is 0.497 e. The summed E-state index contributed by atoms with van der Waals surface area (Å²) in [6.45, 7) is 5.42. The minimum atomic E-state index is -0.996. The lowest BCUT2D eigenvalue weighted by atomic mass is 9.95. The first-order chi connectivity index (χ1) is 11.9. The minimum Gasteiger partial charge on any atom is -0.497 e. The van der Waals surface area contributed by atoms with Crippen molar-refractivity contribution >= 4 is 23.2 Å². The molecule has 7 heteroatoms. The van der Waals surface area contributed by atoms with Crippen LogP contribution in [0.4, 0.5) is 0 Å². The maximum atomic E-state index is 12.7. The topological polar surface area (TPSA) is 88.5 Å². The summed E-state index contributed by atoms with van der Waals surface area (Å²) < 4.78 is 5.14. The number of hydrogen-bond donors (Lipinski definition) is 2. The molecule has 0 radical (unpaired) electrons. The number of amides is 1. The summed E-state index contributed by atoms with van der Waals surface area (Å²) in [5, 5.41) is 12.7. The van der Waals surface area contributed by atoms with Gasteiger partial charge in [-0.2, -0.15) is 0 Å². The molecule has 0 saturated heterocycles. The van der Waals surface area contributed by atoms with Crippen LogP contribution in [0.3, 0.4) is 0 Å². The smallest absolute Gasteiger partial charge is 0.347 e. The van der Waals surface area contributed by atoms with Crippen molar-refractivity contribution in [3.63, 3.8) is 0 Å². The number of thiazole rings is 1. The summed E-state index contributed by atoms with van der Waals surface area (Å²) in [5.74, 6) is -0.644. The highest BCUT2D eigenvalue weighted by Gasteiger charge is 2.23. The summed E-state index contributed by atoms with van der Waals surface area (Å²) in [6.07, 6.45) is 0.655. The maximum Gasteiger partial charge on any atom is 0.347 e. The van der Waals surface area contributed by atoms with Gasteiger partial charge in [0.05, 0.1) is 24.8 Å². The van der Waals surface area contributed by atoms with Crippen LogP contribution in [-0.2, 0) is 4.79 Å². The second-order valence-electron chi connectivity index (χ2n) is 5.74. The van der Waals surface area contributed by atoms with E-state index in [0.29, 0.717) is 17.1 Å². The molecule has 2 atom stereocenters.